The van der Waals surface area contributed by atoms with Gasteiger partial charge in [0.05, 0.1) is 0 Å². The van der Waals surface area contributed by atoms with Crippen LogP contribution in [0.15, 0.2) is 18.3 Å². The van der Waals surface area contributed by atoms with Crippen molar-refractivity contribution in [3.05, 3.63) is 29.6 Å². The van der Waals surface area contributed by atoms with Crippen molar-refractivity contribution >= 4 is 0 Å². The van der Waals surface area contributed by atoms with Gasteiger partial charge in [0.2, 0.25) is 0 Å². The van der Waals surface area contributed by atoms with Crippen molar-refractivity contribution in [2.45, 2.75) is 52.5 Å². The van der Waals surface area contributed by atoms with E-state index in [1.807, 2.05) is 12.3 Å². The van der Waals surface area contributed by atoms with Gasteiger partial charge in [-0.25, -0.2) is 0 Å². The molecule has 2 N–H and O–H groups in total. The lowest BCUT2D eigenvalue weighted by Gasteiger charge is -2.49. The molecule has 0 radical (unpaired) electrons. The van der Waals surface area contributed by atoms with E-state index < -0.39 is 0 Å². The van der Waals surface area contributed by atoms with E-state index in [1.165, 1.54) is 11.3 Å². The minimum absolute atomic E-state index is 0.0383. The third-order valence-electron chi connectivity index (χ3n) is 4.49. The molecular formula is C15H24N2. The summed E-state index contributed by atoms with van der Waals surface area (Å²) in [6.45, 7) is 11.5. The Hall–Kier alpha value is -0.890. The zero-order valence-electron chi connectivity index (χ0n) is 11.6. The maximum Gasteiger partial charge on any atom is 0.0457 e. The lowest BCUT2D eigenvalue weighted by molar-refractivity contribution is 0.102. The number of nitrogens with zero attached hydrogens (tertiary/aromatic N) is 1. The predicted octanol–water partition coefficient (Wildman–Crippen LogP) is 2.90. The van der Waals surface area contributed by atoms with Gasteiger partial charge in [0, 0.05) is 29.8 Å². The van der Waals surface area contributed by atoms with E-state index in [0.717, 1.165) is 6.42 Å². The zero-order valence-corrected chi connectivity index (χ0v) is 11.6. The van der Waals surface area contributed by atoms with Gasteiger partial charge in [0.15, 0.2) is 0 Å². The van der Waals surface area contributed by atoms with Gasteiger partial charge in [-0.05, 0) is 23.0 Å². The number of aromatic nitrogens is 1. The smallest absolute Gasteiger partial charge is 0.0457 e. The Morgan fingerprint density at radius 2 is 2.06 bits per heavy atom. The molecule has 0 saturated heterocycles. The highest BCUT2D eigenvalue weighted by Gasteiger charge is 2.54. The summed E-state index contributed by atoms with van der Waals surface area (Å²) in [7, 11) is 0. The molecule has 0 aliphatic heterocycles. The number of fused-ring (bicyclic) bond motifs is 1. The van der Waals surface area contributed by atoms with Gasteiger partial charge >= 0.3 is 0 Å². The van der Waals surface area contributed by atoms with Crippen LogP contribution in [0.25, 0.3) is 0 Å². The van der Waals surface area contributed by atoms with Gasteiger partial charge in [-0.1, -0.05) is 40.7 Å². The van der Waals surface area contributed by atoms with E-state index in [-0.39, 0.29) is 16.9 Å². The summed E-state index contributed by atoms with van der Waals surface area (Å²) in [5.41, 5.74) is 9.27. The van der Waals surface area contributed by atoms with Gasteiger partial charge < -0.3 is 5.73 Å². The Kier molecular flexibility index (Phi) is 2.81. The van der Waals surface area contributed by atoms with Crippen molar-refractivity contribution in [2.75, 3.05) is 0 Å². The molecule has 2 rings (SSSR count). The lowest BCUT2D eigenvalue weighted by Crippen LogP contribution is -2.54. The highest BCUT2D eigenvalue weighted by atomic mass is 14.8. The first-order valence-corrected chi connectivity index (χ1v) is 6.51. The fraction of sp³-hybridized carbons (Fsp3) is 0.667. The van der Waals surface area contributed by atoms with Crippen molar-refractivity contribution < 1.29 is 0 Å². The normalized spacial score (nSPS) is 28.5. The molecule has 0 saturated carbocycles. The van der Waals surface area contributed by atoms with Crippen LogP contribution in [0.2, 0.25) is 0 Å². The Balaban J connectivity index is 2.69. The molecule has 1 heterocycles. The molecular weight excluding hydrogens is 208 g/mol. The fourth-order valence-corrected chi connectivity index (χ4v) is 4.11. The van der Waals surface area contributed by atoms with Gasteiger partial charge in [-0.3, -0.25) is 4.98 Å². The maximum atomic E-state index is 6.51. The van der Waals surface area contributed by atoms with Crippen LogP contribution in [0.3, 0.4) is 0 Å². The first-order chi connectivity index (χ1) is 7.81. The average Bonchev–Trinajstić information content (AvgIpc) is 2.49. The van der Waals surface area contributed by atoms with Crippen molar-refractivity contribution in [3.63, 3.8) is 0 Å². The molecule has 0 aromatic carbocycles. The molecule has 2 nitrogen and oxygen atoms in total. The van der Waals surface area contributed by atoms with E-state index >= 15 is 0 Å². The SMILES string of the molecule is CC(C)C1(C(C)(C)C)c2cccnc2C[C@H]1N. The summed E-state index contributed by atoms with van der Waals surface area (Å²) in [5, 5.41) is 0. The van der Waals surface area contributed by atoms with Gasteiger partial charge in [-0.2, -0.15) is 0 Å². The number of rotatable bonds is 1. The minimum Gasteiger partial charge on any atom is -0.327 e. The molecule has 1 aliphatic rings. The van der Waals surface area contributed by atoms with Crippen molar-refractivity contribution in [1.29, 1.82) is 0 Å². The molecule has 1 aromatic rings. The van der Waals surface area contributed by atoms with E-state index in [1.54, 1.807) is 0 Å². The molecule has 0 fully saturated rings. The van der Waals surface area contributed by atoms with Crippen molar-refractivity contribution in [3.8, 4) is 0 Å². The summed E-state index contributed by atoms with van der Waals surface area (Å²) in [4.78, 5) is 4.52. The lowest BCUT2D eigenvalue weighted by atomic mass is 9.56. The first-order valence-electron chi connectivity index (χ1n) is 6.51. The van der Waals surface area contributed by atoms with Crippen LogP contribution in [-0.2, 0) is 11.8 Å². The third kappa shape index (κ3) is 1.54. The van der Waals surface area contributed by atoms with E-state index in [9.17, 15) is 0 Å². The van der Waals surface area contributed by atoms with Gasteiger partial charge in [0.1, 0.15) is 0 Å². The molecule has 1 aromatic heterocycles. The highest BCUT2D eigenvalue weighted by Crippen LogP contribution is 2.53. The molecule has 94 valence electrons. The van der Waals surface area contributed by atoms with Crippen LogP contribution < -0.4 is 5.73 Å². The average molecular weight is 232 g/mol. The van der Waals surface area contributed by atoms with Crippen molar-refractivity contribution in [1.82, 2.24) is 4.98 Å². The summed E-state index contributed by atoms with van der Waals surface area (Å²) in [5.74, 6) is 0.517. The minimum atomic E-state index is 0.0383. The highest BCUT2D eigenvalue weighted by molar-refractivity contribution is 5.41. The van der Waals surface area contributed by atoms with E-state index in [2.05, 4.69) is 45.7 Å². The first kappa shape index (κ1) is 12.6. The standard InChI is InChI=1S/C15H24N2/c1-10(2)15(14(3,4)5)11-7-6-8-17-12(11)9-13(15)16/h6-8,10,13H,9,16H2,1-5H3/t13-,15?/m1/s1. The third-order valence-corrected chi connectivity index (χ3v) is 4.49. The van der Waals surface area contributed by atoms with Crippen LogP contribution in [0.1, 0.15) is 45.9 Å². The molecule has 2 heteroatoms. The second-order valence-corrected chi connectivity index (χ2v) is 6.58. The predicted molar refractivity (Wildman–Crippen MR) is 71.9 cm³/mol. The Morgan fingerprint density at radius 1 is 1.41 bits per heavy atom. The number of pyridine rings is 1. The maximum absolute atomic E-state index is 6.51. The molecule has 17 heavy (non-hydrogen) atoms. The van der Waals surface area contributed by atoms with Gasteiger partial charge in [-0.15, -0.1) is 0 Å². The van der Waals surface area contributed by atoms with Crippen LogP contribution >= 0.6 is 0 Å². The topological polar surface area (TPSA) is 38.9 Å². The monoisotopic (exact) mass is 232 g/mol. The molecule has 0 bridgehead atoms. The summed E-state index contributed by atoms with van der Waals surface area (Å²) in [6, 6.07) is 4.44. The Morgan fingerprint density at radius 3 is 2.59 bits per heavy atom. The van der Waals surface area contributed by atoms with E-state index in [4.69, 9.17) is 5.73 Å². The van der Waals surface area contributed by atoms with Gasteiger partial charge in [0.25, 0.3) is 0 Å². The molecule has 1 aliphatic carbocycles. The molecule has 2 atom stereocenters. The van der Waals surface area contributed by atoms with Crippen LogP contribution in [0.4, 0.5) is 0 Å². The molecule has 0 spiro atoms. The van der Waals surface area contributed by atoms with Crippen LogP contribution in [0, 0.1) is 11.3 Å². The number of nitrogens with two attached hydrogens (primary N) is 1. The number of hydrogen-bond acceptors (Lipinski definition) is 2. The fourth-order valence-electron chi connectivity index (χ4n) is 4.11. The Bertz CT molecular complexity index is 417. The number of hydrogen-bond donors (Lipinski definition) is 1. The van der Waals surface area contributed by atoms with Crippen LogP contribution in [-0.4, -0.2) is 11.0 Å². The van der Waals surface area contributed by atoms with E-state index in [0.29, 0.717) is 5.92 Å². The van der Waals surface area contributed by atoms with Crippen LogP contribution in [0.5, 0.6) is 0 Å². The second-order valence-electron chi connectivity index (χ2n) is 6.58. The Labute approximate surface area is 105 Å². The zero-order chi connectivity index (χ0) is 12.8. The molecule has 0 amide bonds. The summed E-state index contributed by atoms with van der Waals surface area (Å²) < 4.78 is 0. The van der Waals surface area contributed by atoms with Crippen molar-refractivity contribution in [2.24, 2.45) is 17.1 Å². The summed E-state index contributed by atoms with van der Waals surface area (Å²) >= 11 is 0. The largest absolute Gasteiger partial charge is 0.327 e. The second kappa shape index (κ2) is 3.81. The quantitative estimate of drug-likeness (QED) is 0.808. The molecule has 1 unspecified atom stereocenters. The summed E-state index contributed by atoms with van der Waals surface area (Å²) in [6.07, 6.45) is 2.79.